The van der Waals surface area contributed by atoms with Gasteiger partial charge in [-0.2, -0.15) is 0 Å². The molecule has 0 radical (unpaired) electrons. The molecule has 0 aliphatic rings. The number of benzene rings is 1. The van der Waals surface area contributed by atoms with E-state index in [0.717, 1.165) is 6.54 Å². The summed E-state index contributed by atoms with van der Waals surface area (Å²) in [7, 11) is 0. The molecule has 0 N–H and O–H groups in total. The molecule has 0 aliphatic carbocycles. The molecule has 1 nitrogen and oxygen atoms in total. The molecule has 76 valence electrons. The standard InChI is InChI=1S/C14H16N/c1-2-10-15-11-6-9-14(12-15)13-7-4-3-5-8-13/h3-9,11-12H,2,10H2,1H3/q+1. The van der Waals surface area contributed by atoms with Crippen molar-refractivity contribution in [3.8, 4) is 11.1 Å². The first kappa shape index (κ1) is 9.91. The molecule has 0 aliphatic heterocycles. The molecule has 0 saturated carbocycles. The van der Waals surface area contributed by atoms with Crippen molar-refractivity contribution in [1.82, 2.24) is 0 Å². The van der Waals surface area contributed by atoms with Crippen molar-refractivity contribution in [2.45, 2.75) is 19.9 Å². The third kappa shape index (κ3) is 2.44. The van der Waals surface area contributed by atoms with Crippen LogP contribution in [0.5, 0.6) is 0 Å². The highest BCUT2D eigenvalue weighted by atomic mass is 14.9. The van der Waals surface area contributed by atoms with Gasteiger partial charge in [0.1, 0.15) is 6.54 Å². The smallest absolute Gasteiger partial charge is 0.176 e. The number of hydrogen-bond donors (Lipinski definition) is 0. The quantitative estimate of drug-likeness (QED) is 0.667. The van der Waals surface area contributed by atoms with Crippen LogP contribution in [0.4, 0.5) is 0 Å². The highest BCUT2D eigenvalue weighted by molar-refractivity contribution is 5.61. The summed E-state index contributed by atoms with van der Waals surface area (Å²) in [5.41, 5.74) is 2.56. The molecule has 2 rings (SSSR count). The Morgan fingerprint density at radius 2 is 1.67 bits per heavy atom. The molecule has 0 bridgehead atoms. The zero-order chi connectivity index (χ0) is 10.5. The third-order valence-corrected chi connectivity index (χ3v) is 2.45. The van der Waals surface area contributed by atoms with Crippen molar-refractivity contribution < 1.29 is 4.57 Å². The van der Waals surface area contributed by atoms with E-state index >= 15 is 0 Å². The van der Waals surface area contributed by atoms with E-state index in [9.17, 15) is 0 Å². The average molecular weight is 198 g/mol. The lowest BCUT2D eigenvalue weighted by Gasteiger charge is -2.00. The minimum absolute atomic E-state index is 1.08. The van der Waals surface area contributed by atoms with Crippen molar-refractivity contribution >= 4 is 0 Å². The van der Waals surface area contributed by atoms with Gasteiger partial charge in [-0.1, -0.05) is 37.3 Å². The van der Waals surface area contributed by atoms with Gasteiger partial charge >= 0.3 is 0 Å². The fourth-order valence-corrected chi connectivity index (χ4v) is 1.72. The molecule has 2 aromatic rings. The molecule has 0 spiro atoms. The average Bonchev–Trinajstić information content (AvgIpc) is 2.31. The Kier molecular flexibility index (Phi) is 3.13. The van der Waals surface area contributed by atoms with E-state index in [1.54, 1.807) is 0 Å². The summed E-state index contributed by atoms with van der Waals surface area (Å²) >= 11 is 0. The largest absolute Gasteiger partial charge is 0.205 e. The van der Waals surface area contributed by atoms with E-state index in [1.807, 2.05) is 6.07 Å². The Balaban J connectivity index is 2.33. The lowest BCUT2D eigenvalue weighted by atomic mass is 10.1. The zero-order valence-electron chi connectivity index (χ0n) is 9.06. The molecule has 15 heavy (non-hydrogen) atoms. The van der Waals surface area contributed by atoms with Gasteiger partial charge in [0.05, 0.1) is 0 Å². The van der Waals surface area contributed by atoms with Crippen LogP contribution in [-0.2, 0) is 6.54 Å². The van der Waals surface area contributed by atoms with Gasteiger partial charge in [0, 0.05) is 18.1 Å². The van der Waals surface area contributed by atoms with Gasteiger partial charge in [-0.05, 0) is 11.6 Å². The molecule has 0 amide bonds. The van der Waals surface area contributed by atoms with E-state index in [2.05, 4.69) is 60.3 Å². The Labute approximate surface area is 91.0 Å². The van der Waals surface area contributed by atoms with Gasteiger partial charge in [-0.15, -0.1) is 0 Å². The molecule has 0 atom stereocenters. The van der Waals surface area contributed by atoms with Crippen molar-refractivity contribution in [1.29, 1.82) is 0 Å². The van der Waals surface area contributed by atoms with Crippen LogP contribution in [-0.4, -0.2) is 0 Å². The molecule has 0 saturated heterocycles. The summed E-state index contributed by atoms with van der Waals surface area (Å²) in [5.74, 6) is 0. The summed E-state index contributed by atoms with van der Waals surface area (Å²) in [6.45, 7) is 3.28. The van der Waals surface area contributed by atoms with E-state index in [1.165, 1.54) is 17.5 Å². The van der Waals surface area contributed by atoms with Crippen LogP contribution in [0, 0.1) is 0 Å². The Morgan fingerprint density at radius 1 is 0.933 bits per heavy atom. The first-order valence-corrected chi connectivity index (χ1v) is 5.44. The van der Waals surface area contributed by atoms with Gasteiger partial charge in [0.15, 0.2) is 12.4 Å². The van der Waals surface area contributed by atoms with Crippen molar-refractivity contribution in [2.24, 2.45) is 0 Å². The first-order valence-electron chi connectivity index (χ1n) is 5.44. The molecule has 0 fully saturated rings. The van der Waals surface area contributed by atoms with Crippen LogP contribution >= 0.6 is 0 Å². The van der Waals surface area contributed by atoms with Crippen molar-refractivity contribution in [3.05, 3.63) is 54.9 Å². The number of rotatable bonds is 3. The molecule has 1 aromatic heterocycles. The van der Waals surface area contributed by atoms with Crippen LogP contribution in [0.25, 0.3) is 11.1 Å². The third-order valence-electron chi connectivity index (χ3n) is 2.45. The fraction of sp³-hybridized carbons (Fsp3) is 0.214. The monoisotopic (exact) mass is 198 g/mol. The highest BCUT2D eigenvalue weighted by Gasteiger charge is 2.02. The van der Waals surface area contributed by atoms with E-state index in [-0.39, 0.29) is 0 Å². The van der Waals surface area contributed by atoms with Crippen LogP contribution in [0.15, 0.2) is 54.9 Å². The molecular formula is C14H16N+. The second kappa shape index (κ2) is 4.74. The van der Waals surface area contributed by atoms with Crippen LogP contribution < -0.4 is 4.57 Å². The summed E-state index contributed by atoms with van der Waals surface area (Å²) in [5, 5.41) is 0. The number of hydrogen-bond acceptors (Lipinski definition) is 0. The zero-order valence-corrected chi connectivity index (χ0v) is 9.06. The Hall–Kier alpha value is -1.63. The summed E-state index contributed by atoms with van der Waals surface area (Å²) < 4.78 is 2.24. The topological polar surface area (TPSA) is 3.88 Å². The molecule has 1 heteroatoms. The minimum atomic E-state index is 1.08. The van der Waals surface area contributed by atoms with Crippen molar-refractivity contribution in [2.75, 3.05) is 0 Å². The lowest BCUT2D eigenvalue weighted by molar-refractivity contribution is -0.696. The predicted molar refractivity (Wildman–Crippen MR) is 62.4 cm³/mol. The highest BCUT2D eigenvalue weighted by Crippen LogP contribution is 2.15. The maximum Gasteiger partial charge on any atom is 0.176 e. The summed E-state index contributed by atoms with van der Waals surface area (Å²) in [4.78, 5) is 0. The number of pyridine rings is 1. The Morgan fingerprint density at radius 3 is 2.40 bits per heavy atom. The normalized spacial score (nSPS) is 10.2. The number of nitrogens with zero attached hydrogens (tertiary/aromatic N) is 1. The summed E-state index contributed by atoms with van der Waals surface area (Å²) in [6.07, 6.45) is 5.50. The summed E-state index contributed by atoms with van der Waals surface area (Å²) in [6, 6.07) is 14.8. The van der Waals surface area contributed by atoms with E-state index in [0.29, 0.717) is 0 Å². The van der Waals surface area contributed by atoms with Crippen LogP contribution in [0.3, 0.4) is 0 Å². The van der Waals surface area contributed by atoms with Gasteiger partial charge in [0.2, 0.25) is 0 Å². The lowest BCUT2D eigenvalue weighted by Crippen LogP contribution is -2.32. The van der Waals surface area contributed by atoms with Gasteiger partial charge in [-0.3, -0.25) is 0 Å². The molecule has 1 aromatic carbocycles. The van der Waals surface area contributed by atoms with Crippen LogP contribution in [0.1, 0.15) is 13.3 Å². The minimum Gasteiger partial charge on any atom is -0.205 e. The van der Waals surface area contributed by atoms with Gasteiger partial charge < -0.3 is 0 Å². The SMILES string of the molecule is CCC[n+]1cccc(-c2ccccc2)c1. The maximum absolute atomic E-state index is 2.24. The predicted octanol–water partition coefficient (Wildman–Crippen LogP) is 3.05. The number of aryl methyl sites for hydroxylation is 1. The maximum atomic E-state index is 2.24. The second-order valence-electron chi connectivity index (χ2n) is 3.70. The van der Waals surface area contributed by atoms with Crippen molar-refractivity contribution in [3.63, 3.8) is 0 Å². The Bertz CT molecular complexity index is 420. The second-order valence-corrected chi connectivity index (χ2v) is 3.70. The van der Waals surface area contributed by atoms with E-state index < -0.39 is 0 Å². The van der Waals surface area contributed by atoms with Crippen LogP contribution in [0.2, 0.25) is 0 Å². The molecular weight excluding hydrogens is 182 g/mol. The van der Waals surface area contributed by atoms with Gasteiger partial charge in [-0.25, -0.2) is 4.57 Å². The fourth-order valence-electron chi connectivity index (χ4n) is 1.72. The first-order chi connectivity index (χ1) is 7.40. The molecule has 1 heterocycles. The molecule has 0 unspecified atom stereocenters. The number of aromatic nitrogens is 1. The van der Waals surface area contributed by atoms with Gasteiger partial charge in [0.25, 0.3) is 0 Å². The van der Waals surface area contributed by atoms with E-state index in [4.69, 9.17) is 0 Å².